The third kappa shape index (κ3) is 3.02. The number of aromatic nitrogens is 4. The molecule has 0 saturated carbocycles. The number of nitrogens with zero attached hydrogens (tertiary/aromatic N) is 4. The van der Waals surface area contributed by atoms with Gasteiger partial charge in [0.05, 0.1) is 13.3 Å². The number of hydrogen-bond donors (Lipinski definition) is 1. The number of thioether (sulfide) groups is 1. The maximum absolute atomic E-state index is 11.6. The first kappa shape index (κ1) is 14.2. The van der Waals surface area contributed by atoms with Gasteiger partial charge < -0.3 is 10.5 Å². The minimum absolute atomic E-state index is 0.107. The van der Waals surface area contributed by atoms with E-state index in [4.69, 9.17) is 10.5 Å². The highest BCUT2D eigenvalue weighted by Gasteiger charge is 2.15. The Hall–Kier alpha value is -2.22. The number of carbonyl (C=O) groups is 1. The molecule has 20 heavy (non-hydrogen) atoms. The van der Waals surface area contributed by atoms with Crippen LogP contribution >= 0.6 is 11.8 Å². The van der Waals surface area contributed by atoms with E-state index in [1.54, 1.807) is 0 Å². The van der Waals surface area contributed by atoms with Crippen LogP contribution in [0.25, 0.3) is 11.3 Å². The number of carbonyl (C=O) groups excluding carboxylic acids is 1. The Labute approximate surface area is 120 Å². The van der Waals surface area contributed by atoms with Crippen molar-refractivity contribution in [3.63, 3.8) is 0 Å². The maximum atomic E-state index is 11.6. The summed E-state index contributed by atoms with van der Waals surface area (Å²) in [5.41, 5.74) is 6.95. The summed E-state index contributed by atoms with van der Waals surface area (Å²) in [5, 5.41) is 7.64. The van der Waals surface area contributed by atoms with E-state index < -0.39 is 5.97 Å². The van der Waals surface area contributed by atoms with Gasteiger partial charge in [0.2, 0.25) is 5.95 Å². The van der Waals surface area contributed by atoms with E-state index in [1.807, 2.05) is 13.0 Å². The molecule has 8 heteroatoms. The number of nitrogen functional groups attached to an aromatic ring is 1. The van der Waals surface area contributed by atoms with Gasteiger partial charge in [-0.05, 0) is 11.8 Å². The third-order valence-corrected chi connectivity index (χ3v) is 3.32. The third-order valence-electron chi connectivity index (χ3n) is 2.41. The van der Waals surface area contributed by atoms with E-state index >= 15 is 0 Å². The van der Waals surface area contributed by atoms with Gasteiger partial charge in [-0.15, -0.1) is 22.0 Å². The standard InChI is InChI=1S/C12H13N5O2S/c1-3-20-9-4-7(5-14-10(9)11(18)19-2)8-6-15-12(13)17-16-8/h4-6H,3H2,1-2H3,(H2,13,15,17). The lowest BCUT2D eigenvalue weighted by atomic mass is 10.2. The molecule has 0 unspecified atom stereocenters. The molecular weight excluding hydrogens is 278 g/mol. The van der Waals surface area contributed by atoms with Crippen molar-refractivity contribution in [2.45, 2.75) is 11.8 Å². The van der Waals surface area contributed by atoms with Crippen LogP contribution in [0.1, 0.15) is 17.4 Å². The summed E-state index contributed by atoms with van der Waals surface area (Å²) in [6.07, 6.45) is 3.05. The van der Waals surface area contributed by atoms with Crippen molar-refractivity contribution in [1.29, 1.82) is 0 Å². The van der Waals surface area contributed by atoms with E-state index in [0.29, 0.717) is 17.0 Å². The van der Waals surface area contributed by atoms with Crippen molar-refractivity contribution >= 4 is 23.7 Å². The molecule has 0 spiro atoms. The average Bonchev–Trinajstić information content (AvgIpc) is 2.47. The SMILES string of the molecule is CCSc1cc(-c2cnc(N)nn2)cnc1C(=O)OC. The van der Waals surface area contributed by atoms with Gasteiger partial charge in [0.15, 0.2) is 5.69 Å². The van der Waals surface area contributed by atoms with Gasteiger partial charge in [-0.1, -0.05) is 6.92 Å². The summed E-state index contributed by atoms with van der Waals surface area (Å²) < 4.78 is 4.71. The number of ether oxygens (including phenoxy) is 1. The Morgan fingerprint density at radius 3 is 2.75 bits per heavy atom. The van der Waals surface area contributed by atoms with Crippen LogP contribution < -0.4 is 5.73 Å². The molecule has 0 radical (unpaired) electrons. The first-order chi connectivity index (χ1) is 9.65. The molecule has 0 atom stereocenters. The lowest BCUT2D eigenvalue weighted by Crippen LogP contribution is -2.07. The van der Waals surface area contributed by atoms with E-state index in [0.717, 1.165) is 10.6 Å². The number of nitrogens with two attached hydrogens (primary N) is 1. The molecule has 0 aromatic carbocycles. The number of methoxy groups -OCH3 is 1. The molecule has 0 aliphatic carbocycles. The van der Waals surface area contributed by atoms with Crippen molar-refractivity contribution in [2.75, 3.05) is 18.6 Å². The quantitative estimate of drug-likeness (QED) is 0.666. The second-order valence-electron chi connectivity index (χ2n) is 3.70. The highest BCUT2D eigenvalue weighted by atomic mass is 32.2. The normalized spacial score (nSPS) is 10.3. The summed E-state index contributed by atoms with van der Waals surface area (Å²) in [4.78, 5) is 20.4. The zero-order chi connectivity index (χ0) is 14.5. The smallest absolute Gasteiger partial charge is 0.357 e. The number of esters is 1. The Balaban J connectivity index is 2.43. The topological polar surface area (TPSA) is 104 Å². The molecule has 0 aliphatic heterocycles. The number of anilines is 1. The number of rotatable bonds is 4. The number of hydrogen-bond acceptors (Lipinski definition) is 8. The zero-order valence-corrected chi connectivity index (χ0v) is 11.8. The van der Waals surface area contributed by atoms with Gasteiger partial charge in [-0.25, -0.2) is 14.8 Å². The van der Waals surface area contributed by atoms with Crippen molar-refractivity contribution < 1.29 is 9.53 Å². The second kappa shape index (κ2) is 6.29. The molecule has 0 bridgehead atoms. The van der Waals surface area contributed by atoms with E-state index in [-0.39, 0.29) is 5.95 Å². The van der Waals surface area contributed by atoms with Crippen LogP contribution in [0.4, 0.5) is 5.95 Å². The molecule has 104 valence electrons. The van der Waals surface area contributed by atoms with Crippen LogP contribution in [0.5, 0.6) is 0 Å². The van der Waals surface area contributed by atoms with Gasteiger partial charge in [0.25, 0.3) is 0 Å². The Morgan fingerprint density at radius 2 is 2.15 bits per heavy atom. The summed E-state index contributed by atoms with van der Waals surface area (Å²) in [6, 6.07) is 1.81. The minimum atomic E-state index is -0.464. The van der Waals surface area contributed by atoms with Gasteiger partial charge in [-0.3, -0.25) is 0 Å². The summed E-state index contributed by atoms with van der Waals surface area (Å²) in [5.74, 6) is 0.450. The number of pyridine rings is 1. The Bertz CT molecular complexity index is 618. The second-order valence-corrected chi connectivity index (χ2v) is 5.00. The van der Waals surface area contributed by atoms with Crippen LogP contribution in [0.3, 0.4) is 0 Å². The van der Waals surface area contributed by atoms with Crippen molar-refractivity contribution in [1.82, 2.24) is 20.2 Å². The van der Waals surface area contributed by atoms with Gasteiger partial charge in [0.1, 0.15) is 5.69 Å². The Morgan fingerprint density at radius 1 is 1.35 bits per heavy atom. The molecule has 0 saturated heterocycles. The lowest BCUT2D eigenvalue weighted by Gasteiger charge is -2.07. The van der Waals surface area contributed by atoms with Crippen LogP contribution in [-0.2, 0) is 4.74 Å². The first-order valence-corrected chi connectivity index (χ1v) is 6.81. The molecule has 2 aromatic rings. The molecule has 0 fully saturated rings. The van der Waals surface area contributed by atoms with E-state index in [9.17, 15) is 4.79 Å². The van der Waals surface area contributed by atoms with Crippen molar-refractivity contribution in [3.8, 4) is 11.3 Å². The first-order valence-electron chi connectivity index (χ1n) is 5.82. The van der Waals surface area contributed by atoms with Crippen LogP contribution in [0.2, 0.25) is 0 Å². The summed E-state index contributed by atoms with van der Waals surface area (Å²) in [7, 11) is 1.33. The predicted molar refractivity (Wildman–Crippen MR) is 75.2 cm³/mol. The van der Waals surface area contributed by atoms with E-state index in [2.05, 4.69) is 20.2 Å². The van der Waals surface area contributed by atoms with Crippen LogP contribution in [0, 0.1) is 0 Å². The highest BCUT2D eigenvalue weighted by Crippen LogP contribution is 2.26. The summed E-state index contributed by atoms with van der Waals surface area (Å²) >= 11 is 1.50. The fraction of sp³-hybridized carbons (Fsp3) is 0.250. The summed E-state index contributed by atoms with van der Waals surface area (Å²) in [6.45, 7) is 1.99. The molecule has 2 heterocycles. The highest BCUT2D eigenvalue weighted by molar-refractivity contribution is 7.99. The van der Waals surface area contributed by atoms with Gasteiger partial charge in [0, 0.05) is 16.7 Å². The predicted octanol–water partition coefficient (Wildman–Crippen LogP) is 1.41. The minimum Gasteiger partial charge on any atom is -0.464 e. The molecule has 2 rings (SSSR count). The van der Waals surface area contributed by atoms with Crippen LogP contribution in [-0.4, -0.2) is 39.0 Å². The van der Waals surface area contributed by atoms with Gasteiger partial charge in [-0.2, -0.15) is 0 Å². The molecule has 0 amide bonds. The van der Waals surface area contributed by atoms with Crippen LogP contribution in [0.15, 0.2) is 23.4 Å². The molecule has 0 aliphatic rings. The average molecular weight is 291 g/mol. The van der Waals surface area contributed by atoms with E-state index in [1.165, 1.54) is 31.3 Å². The molecule has 2 aromatic heterocycles. The van der Waals surface area contributed by atoms with Crippen molar-refractivity contribution in [3.05, 3.63) is 24.2 Å². The monoisotopic (exact) mass is 291 g/mol. The fourth-order valence-electron chi connectivity index (χ4n) is 1.52. The maximum Gasteiger partial charge on any atom is 0.357 e. The largest absolute Gasteiger partial charge is 0.464 e. The lowest BCUT2D eigenvalue weighted by molar-refractivity contribution is 0.0589. The molecule has 7 nitrogen and oxygen atoms in total. The molecular formula is C12H13N5O2S. The zero-order valence-electron chi connectivity index (χ0n) is 11.0. The Kier molecular flexibility index (Phi) is 4.46. The fourth-order valence-corrected chi connectivity index (χ4v) is 2.31. The van der Waals surface area contributed by atoms with Gasteiger partial charge >= 0.3 is 5.97 Å². The van der Waals surface area contributed by atoms with Crippen molar-refractivity contribution in [2.24, 2.45) is 0 Å². The molecule has 2 N–H and O–H groups in total.